The van der Waals surface area contributed by atoms with Gasteiger partial charge in [-0.05, 0) is 54.1 Å². The number of nitrogens with one attached hydrogen (secondary N) is 1. The first kappa shape index (κ1) is 21.8. The molecule has 2 atom stereocenters. The van der Waals surface area contributed by atoms with Gasteiger partial charge in [0.2, 0.25) is 12.5 Å². The van der Waals surface area contributed by atoms with Crippen molar-refractivity contribution in [3.8, 4) is 28.7 Å². The second-order valence-corrected chi connectivity index (χ2v) is 8.32. The van der Waals surface area contributed by atoms with Gasteiger partial charge in [0.15, 0.2) is 17.6 Å². The molecule has 182 valence electrons. The number of methoxy groups -OCH3 is 2. The predicted octanol–water partition coefficient (Wildman–Crippen LogP) is 4.07. The highest BCUT2D eigenvalue weighted by molar-refractivity contribution is 5.97. The minimum Gasteiger partial charge on any atom is -0.497 e. The van der Waals surface area contributed by atoms with Gasteiger partial charge in [0.1, 0.15) is 17.1 Å². The van der Waals surface area contributed by atoms with Crippen LogP contribution in [0.2, 0.25) is 0 Å². The number of hydrogen-bond donors (Lipinski definition) is 1. The summed E-state index contributed by atoms with van der Waals surface area (Å²) >= 11 is 0. The van der Waals surface area contributed by atoms with Crippen LogP contribution in [0, 0.1) is 0 Å². The number of carbonyl (C=O) groups excluding carboxylic acids is 1. The van der Waals surface area contributed by atoms with Gasteiger partial charge in [-0.25, -0.2) is 4.79 Å². The van der Waals surface area contributed by atoms with Crippen molar-refractivity contribution >= 4 is 22.6 Å². The van der Waals surface area contributed by atoms with Crippen LogP contribution in [-0.4, -0.2) is 33.0 Å². The second kappa shape index (κ2) is 8.53. The minimum atomic E-state index is -1.07. The maximum atomic E-state index is 13.6. The van der Waals surface area contributed by atoms with E-state index in [0.717, 1.165) is 0 Å². The largest absolute Gasteiger partial charge is 0.497 e. The zero-order valence-corrected chi connectivity index (χ0v) is 19.4. The molecule has 0 saturated heterocycles. The number of carbonyl (C=O) groups is 1. The van der Waals surface area contributed by atoms with Crippen molar-refractivity contribution in [3.05, 3.63) is 82.2 Å². The van der Waals surface area contributed by atoms with E-state index in [4.69, 9.17) is 28.1 Å². The summed E-state index contributed by atoms with van der Waals surface area (Å²) in [7, 11) is 3.08. The Balaban J connectivity index is 1.48. The van der Waals surface area contributed by atoms with Crippen LogP contribution >= 0.6 is 0 Å². The molecule has 4 aromatic rings. The van der Waals surface area contributed by atoms with Crippen LogP contribution in [0.1, 0.15) is 17.0 Å². The molecule has 0 saturated carbocycles. The van der Waals surface area contributed by atoms with Gasteiger partial charge in [0.25, 0.3) is 5.91 Å². The Kier molecular flexibility index (Phi) is 5.18. The van der Waals surface area contributed by atoms with Crippen LogP contribution in [0.3, 0.4) is 0 Å². The van der Waals surface area contributed by atoms with Crippen molar-refractivity contribution in [2.45, 2.75) is 12.0 Å². The monoisotopic (exact) mass is 487 g/mol. The zero-order valence-electron chi connectivity index (χ0n) is 19.4. The van der Waals surface area contributed by atoms with E-state index in [1.165, 1.54) is 7.11 Å². The molecule has 0 fully saturated rings. The Labute approximate surface area is 205 Å². The third kappa shape index (κ3) is 3.48. The maximum absolute atomic E-state index is 13.6. The van der Waals surface area contributed by atoms with Crippen LogP contribution in [0.5, 0.6) is 28.7 Å². The summed E-state index contributed by atoms with van der Waals surface area (Å²) in [5.41, 5.74) is 1.20. The van der Waals surface area contributed by atoms with E-state index >= 15 is 0 Å². The molecule has 1 N–H and O–H groups in total. The van der Waals surface area contributed by atoms with E-state index < -0.39 is 23.6 Å². The van der Waals surface area contributed by atoms with Gasteiger partial charge < -0.3 is 33.4 Å². The summed E-state index contributed by atoms with van der Waals surface area (Å²) < 4.78 is 33.6. The number of anilines is 1. The molecule has 0 radical (unpaired) electrons. The summed E-state index contributed by atoms with van der Waals surface area (Å²) in [5.74, 6) is 1.10. The number of hydrogen-bond acceptors (Lipinski definition) is 8. The molecule has 9 nitrogen and oxygen atoms in total. The fourth-order valence-corrected chi connectivity index (χ4v) is 4.64. The minimum absolute atomic E-state index is 0.0427. The van der Waals surface area contributed by atoms with Gasteiger partial charge in [0, 0.05) is 5.69 Å². The highest BCUT2D eigenvalue weighted by Gasteiger charge is 2.45. The Morgan fingerprint density at radius 3 is 2.56 bits per heavy atom. The molecular weight excluding hydrogens is 466 g/mol. The van der Waals surface area contributed by atoms with Gasteiger partial charge in [-0.2, -0.15) is 0 Å². The van der Waals surface area contributed by atoms with Crippen molar-refractivity contribution in [1.82, 2.24) is 0 Å². The van der Waals surface area contributed by atoms with Gasteiger partial charge in [-0.1, -0.05) is 12.1 Å². The van der Waals surface area contributed by atoms with Gasteiger partial charge in [-0.3, -0.25) is 4.79 Å². The first-order valence-electron chi connectivity index (χ1n) is 11.2. The maximum Gasteiger partial charge on any atom is 0.344 e. The van der Waals surface area contributed by atoms with E-state index in [1.807, 2.05) is 6.07 Å². The standard InChI is InChI=1S/C27H21NO8/c1-31-16-9-7-15(8-10-16)28-26(29)25-21(14-11-19(32-2)24-20(12-14)33-13-34-24)22-23(36-25)17-5-3-4-6-18(17)35-27(22)30/h3-12,21,25H,13H2,1-2H3,(H,28,29)/t21-,25+/m0/s1. The second-order valence-electron chi connectivity index (χ2n) is 8.32. The number of benzene rings is 3. The topological polar surface area (TPSA) is 105 Å². The number of para-hydroxylation sites is 1. The summed E-state index contributed by atoms with van der Waals surface area (Å²) in [6.45, 7) is 0.0427. The van der Waals surface area contributed by atoms with Crippen molar-refractivity contribution in [2.24, 2.45) is 0 Å². The lowest BCUT2D eigenvalue weighted by atomic mass is 9.87. The molecule has 6 rings (SSSR count). The van der Waals surface area contributed by atoms with Crippen molar-refractivity contribution in [3.63, 3.8) is 0 Å². The zero-order chi connectivity index (χ0) is 24.8. The van der Waals surface area contributed by atoms with Crippen LogP contribution in [0.15, 0.2) is 69.9 Å². The normalized spacial score (nSPS) is 17.4. The predicted molar refractivity (Wildman–Crippen MR) is 129 cm³/mol. The molecule has 0 bridgehead atoms. The number of ether oxygens (including phenoxy) is 5. The fraction of sp³-hybridized carbons (Fsp3) is 0.185. The molecular formula is C27H21NO8. The SMILES string of the molecule is COc1ccc(NC(=O)[C@@H]2Oc3c(c(=O)oc4ccccc34)[C@@H]2c2cc(OC)c3c(c2)OCO3)cc1. The fourth-order valence-electron chi connectivity index (χ4n) is 4.64. The van der Waals surface area contributed by atoms with Crippen molar-refractivity contribution in [2.75, 3.05) is 26.3 Å². The molecule has 0 unspecified atom stereocenters. The average Bonchev–Trinajstić information content (AvgIpc) is 3.54. The molecule has 1 aromatic heterocycles. The van der Waals surface area contributed by atoms with E-state index in [-0.39, 0.29) is 12.4 Å². The first-order chi connectivity index (χ1) is 17.6. The van der Waals surface area contributed by atoms with E-state index in [0.29, 0.717) is 51.0 Å². The summed E-state index contributed by atoms with van der Waals surface area (Å²) in [6.07, 6.45) is -1.07. The third-order valence-corrected chi connectivity index (χ3v) is 6.31. The van der Waals surface area contributed by atoms with Crippen LogP contribution < -0.4 is 34.6 Å². The van der Waals surface area contributed by atoms with Gasteiger partial charge in [-0.15, -0.1) is 0 Å². The molecule has 0 spiro atoms. The molecule has 1 amide bonds. The average molecular weight is 487 g/mol. The molecule has 36 heavy (non-hydrogen) atoms. The van der Waals surface area contributed by atoms with E-state index in [2.05, 4.69) is 5.32 Å². The molecule has 3 aromatic carbocycles. The Bertz CT molecular complexity index is 1540. The number of rotatable bonds is 5. The Morgan fingerprint density at radius 1 is 0.972 bits per heavy atom. The molecule has 3 heterocycles. The molecule has 2 aliphatic heterocycles. The number of amides is 1. The molecule has 9 heteroatoms. The highest BCUT2D eigenvalue weighted by Crippen LogP contribution is 2.49. The third-order valence-electron chi connectivity index (χ3n) is 6.31. The first-order valence-corrected chi connectivity index (χ1v) is 11.2. The lowest BCUT2D eigenvalue weighted by Crippen LogP contribution is -2.35. The van der Waals surface area contributed by atoms with E-state index in [1.54, 1.807) is 61.7 Å². The highest BCUT2D eigenvalue weighted by atomic mass is 16.7. The quantitative estimate of drug-likeness (QED) is 0.420. The number of fused-ring (bicyclic) bond motifs is 4. The van der Waals surface area contributed by atoms with E-state index in [9.17, 15) is 9.59 Å². The van der Waals surface area contributed by atoms with Crippen LogP contribution in [-0.2, 0) is 4.79 Å². The Morgan fingerprint density at radius 2 is 1.78 bits per heavy atom. The Hall–Kier alpha value is -4.66. The van der Waals surface area contributed by atoms with Gasteiger partial charge >= 0.3 is 5.63 Å². The smallest absolute Gasteiger partial charge is 0.344 e. The van der Waals surface area contributed by atoms with Crippen LogP contribution in [0.4, 0.5) is 5.69 Å². The summed E-state index contributed by atoms with van der Waals surface area (Å²) in [4.78, 5) is 26.8. The summed E-state index contributed by atoms with van der Waals surface area (Å²) in [5, 5.41) is 3.48. The molecule has 0 aliphatic carbocycles. The summed E-state index contributed by atoms with van der Waals surface area (Å²) in [6, 6.07) is 17.4. The lowest BCUT2D eigenvalue weighted by Gasteiger charge is -2.20. The lowest BCUT2D eigenvalue weighted by molar-refractivity contribution is -0.122. The van der Waals surface area contributed by atoms with Gasteiger partial charge in [0.05, 0.1) is 31.1 Å². The van der Waals surface area contributed by atoms with Crippen LogP contribution in [0.25, 0.3) is 11.0 Å². The molecule has 2 aliphatic rings. The van der Waals surface area contributed by atoms with Crippen molar-refractivity contribution < 1.29 is 32.9 Å². The van der Waals surface area contributed by atoms with Crippen molar-refractivity contribution in [1.29, 1.82) is 0 Å².